The summed E-state index contributed by atoms with van der Waals surface area (Å²) in [6.07, 6.45) is 1.45. The molecule has 0 N–H and O–H groups in total. The summed E-state index contributed by atoms with van der Waals surface area (Å²) in [6, 6.07) is 4.71. The molecule has 0 spiro atoms. The number of ketones is 1. The highest BCUT2D eigenvalue weighted by atomic mass is 35.5. The van der Waals surface area contributed by atoms with Gasteiger partial charge in [-0.2, -0.15) is 0 Å². The minimum absolute atomic E-state index is 0.0528. The van der Waals surface area contributed by atoms with E-state index in [1.807, 2.05) is 0 Å². The highest BCUT2D eigenvalue weighted by Crippen LogP contribution is 2.30. The van der Waals surface area contributed by atoms with Crippen LogP contribution in [0.2, 0.25) is 5.02 Å². The number of rotatable bonds is 2. The van der Waals surface area contributed by atoms with E-state index in [1.54, 1.807) is 12.1 Å². The second-order valence-corrected chi connectivity index (χ2v) is 4.63. The van der Waals surface area contributed by atoms with Crippen LogP contribution in [0, 0.1) is 5.82 Å². The maximum atomic E-state index is 13.6. The number of aromatic nitrogens is 1. The Morgan fingerprint density at radius 3 is 2.88 bits per heavy atom. The van der Waals surface area contributed by atoms with Gasteiger partial charge in [0, 0.05) is 18.7 Å². The summed E-state index contributed by atoms with van der Waals surface area (Å²) in [7, 11) is 0. The molecule has 16 heavy (non-hydrogen) atoms. The number of Topliss-reactive ketones (excluding diaryl/α,β-unsaturated/α-hetero) is 1. The first-order valence-electron chi connectivity index (χ1n) is 4.50. The van der Waals surface area contributed by atoms with Crippen LogP contribution in [-0.4, -0.2) is 10.8 Å². The van der Waals surface area contributed by atoms with Gasteiger partial charge in [0.05, 0.1) is 9.90 Å². The van der Waals surface area contributed by atoms with E-state index in [0.717, 1.165) is 11.3 Å². The van der Waals surface area contributed by atoms with Crippen LogP contribution in [0.25, 0.3) is 10.6 Å². The van der Waals surface area contributed by atoms with Gasteiger partial charge in [0.2, 0.25) is 0 Å². The van der Waals surface area contributed by atoms with Crippen molar-refractivity contribution in [2.75, 3.05) is 0 Å². The third-order valence-corrected chi connectivity index (χ3v) is 3.46. The Hall–Kier alpha value is -1.26. The average molecular weight is 256 g/mol. The Balaban J connectivity index is 2.50. The number of benzene rings is 1. The Bertz CT molecular complexity index is 553. The molecule has 0 aliphatic carbocycles. The maximum absolute atomic E-state index is 13.6. The highest BCUT2D eigenvalue weighted by molar-refractivity contribution is 7.16. The van der Waals surface area contributed by atoms with E-state index in [9.17, 15) is 9.18 Å². The molecule has 82 valence electrons. The Labute approximate surface area is 101 Å². The molecule has 0 atom stereocenters. The largest absolute Gasteiger partial charge is 0.294 e. The van der Waals surface area contributed by atoms with E-state index >= 15 is 0 Å². The zero-order chi connectivity index (χ0) is 11.7. The second kappa shape index (κ2) is 4.31. The van der Waals surface area contributed by atoms with Gasteiger partial charge in [-0.3, -0.25) is 4.79 Å². The van der Waals surface area contributed by atoms with Crippen molar-refractivity contribution < 1.29 is 9.18 Å². The molecule has 0 saturated carbocycles. The van der Waals surface area contributed by atoms with Crippen molar-refractivity contribution in [2.45, 2.75) is 6.92 Å². The first kappa shape index (κ1) is 11.2. The smallest absolute Gasteiger partial charge is 0.171 e. The lowest BCUT2D eigenvalue weighted by Crippen LogP contribution is -1.84. The lowest BCUT2D eigenvalue weighted by molar-refractivity contribution is 0.102. The van der Waals surface area contributed by atoms with E-state index in [1.165, 1.54) is 19.2 Å². The molecule has 2 nitrogen and oxygen atoms in total. The number of hydrogen-bond donors (Lipinski definition) is 0. The molecule has 0 bridgehead atoms. The number of carbonyl (C=O) groups is 1. The molecular weight excluding hydrogens is 249 g/mol. The van der Waals surface area contributed by atoms with Crippen LogP contribution in [-0.2, 0) is 0 Å². The molecule has 0 amide bonds. The summed E-state index contributed by atoms with van der Waals surface area (Å²) in [5.74, 6) is -0.584. The first-order valence-corrected chi connectivity index (χ1v) is 5.70. The number of halogens is 2. The predicted molar refractivity (Wildman–Crippen MR) is 62.5 cm³/mol. The Morgan fingerprint density at radius 1 is 1.50 bits per heavy atom. The van der Waals surface area contributed by atoms with Crippen molar-refractivity contribution in [3.63, 3.8) is 0 Å². The van der Waals surface area contributed by atoms with Gasteiger partial charge in [-0.1, -0.05) is 17.7 Å². The maximum Gasteiger partial charge on any atom is 0.171 e. The van der Waals surface area contributed by atoms with Crippen molar-refractivity contribution in [2.24, 2.45) is 0 Å². The molecule has 0 radical (unpaired) electrons. The lowest BCUT2D eigenvalue weighted by atomic mass is 10.2. The van der Waals surface area contributed by atoms with Crippen molar-refractivity contribution >= 4 is 28.7 Å². The summed E-state index contributed by atoms with van der Waals surface area (Å²) in [5.41, 5.74) is 0.324. The fraction of sp³-hybridized carbons (Fsp3) is 0.0909. The van der Waals surface area contributed by atoms with E-state index in [4.69, 9.17) is 11.6 Å². The van der Waals surface area contributed by atoms with Crippen LogP contribution in [0.5, 0.6) is 0 Å². The molecule has 1 aromatic carbocycles. The normalized spacial score (nSPS) is 10.4. The molecule has 0 aliphatic rings. The highest BCUT2D eigenvalue weighted by Gasteiger charge is 2.13. The topological polar surface area (TPSA) is 30.0 Å². The van der Waals surface area contributed by atoms with Crippen LogP contribution >= 0.6 is 22.9 Å². The third kappa shape index (κ3) is 1.99. The van der Waals surface area contributed by atoms with Gasteiger partial charge in [-0.15, -0.1) is 11.3 Å². The van der Waals surface area contributed by atoms with Gasteiger partial charge in [-0.25, -0.2) is 9.37 Å². The summed E-state index contributed by atoms with van der Waals surface area (Å²) in [4.78, 5) is 15.6. The van der Waals surface area contributed by atoms with Gasteiger partial charge in [-0.05, 0) is 12.1 Å². The fourth-order valence-electron chi connectivity index (χ4n) is 1.23. The van der Waals surface area contributed by atoms with Crippen LogP contribution in [0.4, 0.5) is 4.39 Å². The molecule has 0 fully saturated rings. The van der Waals surface area contributed by atoms with Crippen LogP contribution in [0.1, 0.15) is 16.6 Å². The van der Waals surface area contributed by atoms with Gasteiger partial charge in [0.1, 0.15) is 5.01 Å². The van der Waals surface area contributed by atoms with Gasteiger partial charge in [0.25, 0.3) is 0 Å². The molecule has 1 heterocycles. The van der Waals surface area contributed by atoms with Crippen LogP contribution < -0.4 is 0 Å². The van der Waals surface area contributed by atoms with Gasteiger partial charge >= 0.3 is 0 Å². The van der Waals surface area contributed by atoms with E-state index in [-0.39, 0.29) is 10.8 Å². The summed E-state index contributed by atoms with van der Waals surface area (Å²) in [6.45, 7) is 1.45. The van der Waals surface area contributed by atoms with Crippen LogP contribution in [0.3, 0.4) is 0 Å². The Kier molecular flexibility index (Phi) is 3.03. The van der Waals surface area contributed by atoms with Crippen LogP contribution in [0.15, 0.2) is 24.4 Å². The lowest BCUT2D eigenvalue weighted by Gasteiger charge is -1.99. The third-order valence-electron chi connectivity index (χ3n) is 2.03. The molecule has 1 aromatic heterocycles. The molecule has 0 saturated heterocycles. The quantitative estimate of drug-likeness (QED) is 0.764. The summed E-state index contributed by atoms with van der Waals surface area (Å²) < 4.78 is 13.6. The van der Waals surface area contributed by atoms with Crippen molar-refractivity contribution in [3.8, 4) is 10.6 Å². The molecule has 2 rings (SSSR count). The monoisotopic (exact) mass is 255 g/mol. The minimum Gasteiger partial charge on any atom is -0.294 e. The molecule has 0 aliphatic heterocycles. The summed E-state index contributed by atoms with van der Waals surface area (Å²) in [5, 5.41) is 0.516. The minimum atomic E-state index is -0.506. The zero-order valence-electron chi connectivity index (χ0n) is 8.33. The number of carbonyl (C=O) groups excluding carboxylic acids is 1. The van der Waals surface area contributed by atoms with Gasteiger partial charge in [0.15, 0.2) is 11.6 Å². The molecule has 0 unspecified atom stereocenters. The number of hydrogen-bond acceptors (Lipinski definition) is 3. The van der Waals surface area contributed by atoms with E-state index in [0.29, 0.717) is 15.4 Å². The molecule has 5 heteroatoms. The SMILES string of the molecule is CC(=O)c1cnc(-c2cccc(Cl)c2F)s1. The average Bonchev–Trinajstić information content (AvgIpc) is 2.71. The molecular formula is C11H7ClFNOS. The molecule has 2 aromatic rings. The number of nitrogens with zero attached hydrogens (tertiary/aromatic N) is 1. The Morgan fingerprint density at radius 2 is 2.25 bits per heavy atom. The van der Waals surface area contributed by atoms with Crippen molar-refractivity contribution in [3.05, 3.63) is 40.1 Å². The van der Waals surface area contributed by atoms with Gasteiger partial charge < -0.3 is 0 Å². The standard InChI is InChI=1S/C11H7ClFNOS/c1-6(15)9-5-14-11(16-9)7-3-2-4-8(12)10(7)13/h2-5H,1H3. The summed E-state index contributed by atoms with van der Waals surface area (Å²) >= 11 is 6.83. The fourth-order valence-corrected chi connectivity index (χ4v) is 2.24. The number of thiazole rings is 1. The zero-order valence-corrected chi connectivity index (χ0v) is 9.90. The second-order valence-electron chi connectivity index (χ2n) is 3.19. The van der Waals surface area contributed by atoms with Crippen molar-refractivity contribution in [1.82, 2.24) is 4.98 Å². The van der Waals surface area contributed by atoms with E-state index in [2.05, 4.69) is 4.98 Å². The van der Waals surface area contributed by atoms with Crippen molar-refractivity contribution in [1.29, 1.82) is 0 Å². The predicted octanol–water partition coefficient (Wildman–Crippen LogP) is 3.81. The van der Waals surface area contributed by atoms with E-state index < -0.39 is 5.82 Å². The first-order chi connectivity index (χ1) is 7.59.